The monoisotopic (exact) mass is 586 g/mol. The summed E-state index contributed by atoms with van der Waals surface area (Å²) in [4.78, 5) is 19.9. The van der Waals surface area contributed by atoms with Crippen molar-refractivity contribution in [2.75, 3.05) is 45.9 Å². The van der Waals surface area contributed by atoms with Gasteiger partial charge in [0, 0.05) is 53.2 Å². The molecule has 9 heteroatoms. The molecule has 0 amide bonds. The Morgan fingerprint density at radius 1 is 1.22 bits per heavy atom. The molecule has 37 heavy (non-hydrogen) atoms. The van der Waals surface area contributed by atoms with E-state index < -0.39 is 5.82 Å². The number of fused-ring (bicyclic) bond motifs is 1. The Hall–Kier alpha value is -2.28. The summed E-state index contributed by atoms with van der Waals surface area (Å²) >= 11 is 9.84. The third-order valence-corrected chi connectivity index (χ3v) is 7.66. The molecule has 2 aliphatic rings. The maximum atomic E-state index is 15.9. The van der Waals surface area contributed by atoms with Crippen LogP contribution in [0.3, 0.4) is 0 Å². The second-order valence-corrected chi connectivity index (χ2v) is 11.0. The predicted molar refractivity (Wildman–Crippen MR) is 147 cm³/mol. The maximum absolute atomic E-state index is 15.9. The van der Waals surface area contributed by atoms with E-state index in [9.17, 15) is 4.79 Å². The second-order valence-electron chi connectivity index (χ2n) is 9.63. The first-order valence-corrected chi connectivity index (χ1v) is 13.8. The summed E-state index contributed by atoms with van der Waals surface area (Å²) in [6.07, 6.45) is 4.03. The minimum Gasteiger partial charge on any atom is -0.373 e. The van der Waals surface area contributed by atoms with Gasteiger partial charge in [-0.3, -0.25) is 9.69 Å². The van der Waals surface area contributed by atoms with E-state index in [0.717, 1.165) is 49.1 Å². The number of carbonyl (C=O) groups is 1. The van der Waals surface area contributed by atoms with Gasteiger partial charge < -0.3 is 14.6 Å². The first-order valence-electron chi connectivity index (χ1n) is 12.6. The van der Waals surface area contributed by atoms with Crippen molar-refractivity contribution in [3.63, 3.8) is 0 Å². The first-order chi connectivity index (χ1) is 18.0. The SMILES string of the molecule is O=C(COCC1CC1)c1cc2c(ncn2CC#CCN2CCNCC2)c(F)c1Cc1ccc(Br)cc1Cl. The zero-order chi connectivity index (χ0) is 25.8. The average molecular weight is 588 g/mol. The minimum absolute atomic E-state index is 0.0822. The molecule has 1 saturated carbocycles. The van der Waals surface area contributed by atoms with Crippen molar-refractivity contribution in [3.05, 3.63) is 62.6 Å². The van der Waals surface area contributed by atoms with Gasteiger partial charge in [0.1, 0.15) is 12.1 Å². The molecule has 0 unspecified atom stereocenters. The van der Waals surface area contributed by atoms with Gasteiger partial charge in [-0.25, -0.2) is 9.37 Å². The standard InChI is InChI=1S/C28H29BrClFN4O2/c29-21-6-5-20(24(30)14-21)13-23-22(26(36)17-37-16-19-3-4-19)15-25-28(27(23)31)33-18-35(25)10-2-1-9-34-11-7-32-8-12-34/h5-6,14-15,18-19,32H,3-4,7-13,16-17H2. The molecule has 6 nitrogen and oxygen atoms in total. The van der Waals surface area contributed by atoms with Crippen LogP contribution in [0.1, 0.15) is 34.3 Å². The molecular formula is C28H29BrClFN4O2. The molecule has 1 saturated heterocycles. The molecular weight excluding hydrogens is 559 g/mol. The van der Waals surface area contributed by atoms with Gasteiger partial charge in [0.2, 0.25) is 0 Å². The number of halogens is 3. The van der Waals surface area contributed by atoms with Crippen LogP contribution < -0.4 is 5.32 Å². The van der Waals surface area contributed by atoms with E-state index in [1.54, 1.807) is 23.0 Å². The van der Waals surface area contributed by atoms with Gasteiger partial charge in [0.25, 0.3) is 0 Å². The number of Topliss-reactive ketones (excluding diaryl/α,β-unsaturated/α-hetero) is 1. The van der Waals surface area contributed by atoms with Gasteiger partial charge in [-0.1, -0.05) is 45.4 Å². The molecule has 1 aliphatic carbocycles. The topological polar surface area (TPSA) is 59.4 Å². The molecule has 2 heterocycles. The Kier molecular flexibility index (Phi) is 8.58. The largest absolute Gasteiger partial charge is 0.373 e. The molecule has 5 rings (SSSR count). The molecule has 1 N–H and O–H groups in total. The first kappa shape index (κ1) is 26.3. The van der Waals surface area contributed by atoms with E-state index >= 15 is 4.39 Å². The molecule has 0 radical (unpaired) electrons. The summed E-state index contributed by atoms with van der Waals surface area (Å²) < 4.78 is 24.2. The van der Waals surface area contributed by atoms with Crippen LogP contribution in [0.5, 0.6) is 0 Å². The van der Waals surface area contributed by atoms with Crippen molar-refractivity contribution in [1.82, 2.24) is 19.8 Å². The number of piperazine rings is 1. The Balaban J connectivity index is 1.43. The van der Waals surface area contributed by atoms with Gasteiger partial charge in [-0.15, -0.1) is 0 Å². The number of aromatic nitrogens is 2. The zero-order valence-electron chi connectivity index (χ0n) is 20.5. The minimum atomic E-state index is -0.505. The third-order valence-electron chi connectivity index (χ3n) is 6.81. The predicted octanol–water partition coefficient (Wildman–Crippen LogP) is 4.70. The van der Waals surface area contributed by atoms with Crippen LogP contribution in [0, 0.1) is 23.6 Å². The number of hydrogen-bond acceptors (Lipinski definition) is 5. The van der Waals surface area contributed by atoms with E-state index in [1.807, 2.05) is 12.1 Å². The fraction of sp³-hybridized carbons (Fsp3) is 0.429. The lowest BCUT2D eigenvalue weighted by Crippen LogP contribution is -2.43. The quantitative estimate of drug-likeness (QED) is 0.291. The molecule has 3 aromatic rings. The van der Waals surface area contributed by atoms with Gasteiger partial charge in [-0.05, 0) is 42.5 Å². The van der Waals surface area contributed by atoms with Crippen molar-refractivity contribution in [1.29, 1.82) is 0 Å². The number of ether oxygens (including phenoxy) is 1. The lowest BCUT2D eigenvalue weighted by Gasteiger charge is -2.24. The fourth-order valence-corrected chi connectivity index (χ4v) is 5.20. The van der Waals surface area contributed by atoms with E-state index in [0.29, 0.717) is 41.7 Å². The molecule has 0 bridgehead atoms. The van der Waals surface area contributed by atoms with Crippen molar-refractivity contribution in [3.8, 4) is 11.8 Å². The van der Waals surface area contributed by atoms with Crippen LogP contribution >= 0.6 is 27.5 Å². The Morgan fingerprint density at radius 2 is 2.00 bits per heavy atom. The van der Waals surface area contributed by atoms with Crippen LogP contribution in [0.4, 0.5) is 4.39 Å². The number of imidazole rings is 1. The number of ketones is 1. The van der Waals surface area contributed by atoms with Crippen molar-refractivity contribution in [2.45, 2.75) is 25.8 Å². The summed E-state index contributed by atoms with van der Waals surface area (Å²) in [5.74, 6) is 6.17. The molecule has 0 atom stereocenters. The molecule has 1 aromatic heterocycles. The van der Waals surface area contributed by atoms with E-state index in [1.165, 1.54) is 0 Å². The number of nitrogens with zero attached hydrogens (tertiary/aromatic N) is 3. The van der Waals surface area contributed by atoms with Crippen LogP contribution in [-0.4, -0.2) is 66.2 Å². The number of nitrogens with one attached hydrogen (secondary N) is 1. The maximum Gasteiger partial charge on any atom is 0.188 e. The number of benzene rings is 2. The second kappa shape index (κ2) is 12.1. The van der Waals surface area contributed by atoms with Gasteiger partial charge in [0.05, 0.1) is 31.5 Å². The zero-order valence-corrected chi connectivity index (χ0v) is 22.9. The summed E-state index contributed by atoms with van der Waals surface area (Å²) in [5, 5.41) is 3.83. The molecule has 0 spiro atoms. The molecule has 2 fully saturated rings. The van der Waals surface area contributed by atoms with Crippen molar-refractivity contribution < 1.29 is 13.9 Å². The highest BCUT2D eigenvalue weighted by atomic mass is 79.9. The Labute approximate surface area is 229 Å². The van der Waals surface area contributed by atoms with Gasteiger partial charge >= 0.3 is 0 Å². The highest BCUT2D eigenvalue weighted by Crippen LogP contribution is 2.31. The highest BCUT2D eigenvalue weighted by molar-refractivity contribution is 9.10. The van der Waals surface area contributed by atoms with E-state index in [2.05, 4.69) is 43.0 Å². The Morgan fingerprint density at radius 3 is 2.76 bits per heavy atom. The summed E-state index contributed by atoms with van der Waals surface area (Å²) in [6, 6.07) is 7.18. The van der Waals surface area contributed by atoms with Crippen LogP contribution in [-0.2, 0) is 17.7 Å². The number of hydrogen-bond donors (Lipinski definition) is 1. The summed E-state index contributed by atoms with van der Waals surface area (Å²) in [7, 11) is 0. The van der Waals surface area contributed by atoms with Crippen LogP contribution in [0.25, 0.3) is 11.0 Å². The van der Waals surface area contributed by atoms with Gasteiger partial charge in [-0.2, -0.15) is 0 Å². The van der Waals surface area contributed by atoms with Gasteiger partial charge in [0.15, 0.2) is 11.6 Å². The van der Waals surface area contributed by atoms with E-state index in [-0.39, 0.29) is 29.9 Å². The lowest BCUT2D eigenvalue weighted by atomic mass is 9.95. The highest BCUT2D eigenvalue weighted by Gasteiger charge is 2.25. The normalized spacial score (nSPS) is 16.1. The van der Waals surface area contributed by atoms with E-state index in [4.69, 9.17) is 16.3 Å². The van der Waals surface area contributed by atoms with Crippen LogP contribution in [0.15, 0.2) is 35.1 Å². The number of rotatable bonds is 9. The lowest BCUT2D eigenvalue weighted by molar-refractivity contribution is 0.0738. The van der Waals surface area contributed by atoms with Crippen molar-refractivity contribution >= 4 is 44.3 Å². The number of carbonyl (C=O) groups excluding carboxylic acids is 1. The third kappa shape index (κ3) is 6.60. The Bertz CT molecular complexity index is 1360. The fourth-order valence-electron chi connectivity index (χ4n) is 4.46. The summed E-state index contributed by atoms with van der Waals surface area (Å²) in [6.45, 7) is 5.45. The van der Waals surface area contributed by atoms with Crippen LogP contribution in [0.2, 0.25) is 5.02 Å². The molecule has 1 aliphatic heterocycles. The smallest absolute Gasteiger partial charge is 0.188 e. The molecule has 2 aromatic carbocycles. The summed E-state index contributed by atoms with van der Waals surface area (Å²) in [5.41, 5.74) is 2.09. The van der Waals surface area contributed by atoms with Crippen molar-refractivity contribution in [2.24, 2.45) is 5.92 Å². The molecule has 194 valence electrons. The average Bonchev–Trinajstić information content (AvgIpc) is 3.63.